The molecular formula is C14H18N2O2. The summed E-state index contributed by atoms with van der Waals surface area (Å²) in [5.41, 5.74) is 1.86. The maximum atomic E-state index is 11.4. The summed E-state index contributed by atoms with van der Waals surface area (Å²) in [6.07, 6.45) is 2.43. The SMILES string of the molecule is CN(C)CCC(C(=O)O)c1c[nH]c2ccccc12. The Kier molecular flexibility index (Phi) is 3.67. The van der Waals surface area contributed by atoms with Crippen molar-refractivity contribution in [1.29, 1.82) is 0 Å². The predicted molar refractivity (Wildman–Crippen MR) is 71.8 cm³/mol. The number of carboxylic acids is 1. The van der Waals surface area contributed by atoms with E-state index >= 15 is 0 Å². The molecule has 4 heteroatoms. The molecule has 18 heavy (non-hydrogen) atoms. The van der Waals surface area contributed by atoms with Crippen LogP contribution in [0.4, 0.5) is 0 Å². The van der Waals surface area contributed by atoms with Gasteiger partial charge in [-0.2, -0.15) is 0 Å². The summed E-state index contributed by atoms with van der Waals surface area (Å²) >= 11 is 0. The zero-order valence-corrected chi connectivity index (χ0v) is 10.7. The van der Waals surface area contributed by atoms with Crippen molar-refractivity contribution in [2.75, 3.05) is 20.6 Å². The van der Waals surface area contributed by atoms with Gasteiger partial charge in [0.25, 0.3) is 0 Å². The predicted octanol–water partition coefficient (Wildman–Crippen LogP) is 2.29. The van der Waals surface area contributed by atoms with Gasteiger partial charge < -0.3 is 15.0 Å². The van der Waals surface area contributed by atoms with Crippen LogP contribution in [0.25, 0.3) is 10.9 Å². The van der Waals surface area contributed by atoms with Gasteiger partial charge in [0.05, 0.1) is 5.92 Å². The minimum absolute atomic E-state index is 0.455. The molecule has 1 aromatic carbocycles. The van der Waals surface area contributed by atoms with Gasteiger partial charge in [0.15, 0.2) is 0 Å². The first-order chi connectivity index (χ1) is 8.59. The Morgan fingerprint density at radius 3 is 2.78 bits per heavy atom. The van der Waals surface area contributed by atoms with Crippen LogP contribution >= 0.6 is 0 Å². The molecule has 0 spiro atoms. The molecule has 0 fully saturated rings. The van der Waals surface area contributed by atoms with E-state index in [9.17, 15) is 9.90 Å². The Bertz CT molecular complexity index is 545. The molecule has 2 N–H and O–H groups in total. The third kappa shape index (κ3) is 2.54. The molecule has 0 aliphatic rings. The number of hydrogen-bond acceptors (Lipinski definition) is 2. The zero-order valence-electron chi connectivity index (χ0n) is 10.7. The molecule has 0 aliphatic heterocycles. The Labute approximate surface area is 106 Å². The van der Waals surface area contributed by atoms with Crippen molar-refractivity contribution in [3.63, 3.8) is 0 Å². The first kappa shape index (κ1) is 12.6. The molecule has 1 unspecified atom stereocenters. The maximum Gasteiger partial charge on any atom is 0.311 e. The van der Waals surface area contributed by atoms with Gasteiger partial charge in [0.2, 0.25) is 0 Å². The largest absolute Gasteiger partial charge is 0.481 e. The van der Waals surface area contributed by atoms with E-state index in [0.29, 0.717) is 6.42 Å². The Balaban J connectivity index is 2.33. The number of carboxylic acid groups (broad SMARTS) is 1. The minimum atomic E-state index is -0.762. The lowest BCUT2D eigenvalue weighted by Gasteiger charge is -2.15. The third-order valence-corrected chi connectivity index (χ3v) is 3.16. The lowest BCUT2D eigenvalue weighted by molar-refractivity contribution is -0.139. The zero-order chi connectivity index (χ0) is 13.1. The fraction of sp³-hybridized carbons (Fsp3) is 0.357. The fourth-order valence-electron chi connectivity index (χ4n) is 2.18. The van der Waals surface area contributed by atoms with E-state index in [-0.39, 0.29) is 0 Å². The van der Waals surface area contributed by atoms with Crippen molar-refractivity contribution in [2.45, 2.75) is 12.3 Å². The van der Waals surface area contributed by atoms with Crippen molar-refractivity contribution >= 4 is 16.9 Å². The van der Waals surface area contributed by atoms with Crippen molar-refractivity contribution < 1.29 is 9.90 Å². The van der Waals surface area contributed by atoms with Gasteiger partial charge in [-0.1, -0.05) is 18.2 Å². The number of fused-ring (bicyclic) bond motifs is 1. The highest BCUT2D eigenvalue weighted by atomic mass is 16.4. The number of carbonyl (C=O) groups is 1. The van der Waals surface area contributed by atoms with Gasteiger partial charge in [0.1, 0.15) is 0 Å². The van der Waals surface area contributed by atoms with Crippen LogP contribution in [0.5, 0.6) is 0 Å². The normalized spacial score (nSPS) is 13.1. The number of rotatable bonds is 5. The van der Waals surface area contributed by atoms with Gasteiger partial charge in [0, 0.05) is 17.1 Å². The second-order valence-electron chi connectivity index (χ2n) is 4.77. The fourth-order valence-corrected chi connectivity index (χ4v) is 2.18. The summed E-state index contributed by atoms with van der Waals surface area (Å²) in [6, 6.07) is 7.80. The van der Waals surface area contributed by atoms with Crippen LogP contribution in [0, 0.1) is 0 Å². The van der Waals surface area contributed by atoms with Crippen LogP contribution < -0.4 is 0 Å². The van der Waals surface area contributed by atoms with E-state index in [1.54, 1.807) is 0 Å². The number of hydrogen-bond donors (Lipinski definition) is 2. The molecule has 0 saturated carbocycles. The van der Waals surface area contributed by atoms with Gasteiger partial charge in [-0.05, 0) is 38.7 Å². The lowest BCUT2D eigenvalue weighted by Crippen LogP contribution is -2.20. The summed E-state index contributed by atoms with van der Waals surface area (Å²) < 4.78 is 0. The molecule has 96 valence electrons. The van der Waals surface area contributed by atoms with E-state index in [2.05, 4.69) is 4.98 Å². The van der Waals surface area contributed by atoms with Crippen molar-refractivity contribution in [2.24, 2.45) is 0 Å². The monoisotopic (exact) mass is 246 g/mol. The molecule has 0 radical (unpaired) electrons. The van der Waals surface area contributed by atoms with Crippen LogP contribution in [0.2, 0.25) is 0 Å². The smallest absolute Gasteiger partial charge is 0.311 e. The maximum absolute atomic E-state index is 11.4. The highest BCUT2D eigenvalue weighted by molar-refractivity contribution is 5.89. The van der Waals surface area contributed by atoms with Crippen molar-refractivity contribution in [1.82, 2.24) is 9.88 Å². The van der Waals surface area contributed by atoms with Crippen LogP contribution in [-0.4, -0.2) is 41.6 Å². The molecule has 2 rings (SSSR count). The van der Waals surface area contributed by atoms with Gasteiger partial charge in [-0.3, -0.25) is 4.79 Å². The molecule has 0 amide bonds. The van der Waals surface area contributed by atoms with Crippen LogP contribution in [0.15, 0.2) is 30.5 Å². The standard InChI is InChI=1S/C14H18N2O2/c1-16(2)8-7-11(14(17)18)12-9-15-13-6-4-3-5-10(12)13/h3-6,9,11,15H,7-8H2,1-2H3,(H,17,18). The number of para-hydroxylation sites is 1. The molecule has 0 aliphatic carbocycles. The highest BCUT2D eigenvalue weighted by Crippen LogP contribution is 2.28. The molecular weight excluding hydrogens is 228 g/mol. The van der Waals surface area contributed by atoms with Gasteiger partial charge in [-0.25, -0.2) is 0 Å². The number of nitrogens with one attached hydrogen (secondary N) is 1. The van der Waals surface area contributed by atoms with Crippen LogP contribution in [0.1, 0.15) is 17.9 Å². The first-order valence-corrected chi connectivity index (χ1v) is 6.03. The number of aromatic amines is 1. The number of H-pyrrole nitrogens is 1. The molecule has 0 saturated heterocycles. The summed E-state index contributed by atoms with van der Waals surface area (Å²) in [4.78, 5) is 16.6. The van der Waals surface area contributed by atoms with Gasteiger partial charge >= 0.3 is 5.97 Å². The van der Waals surface area contributed by atoms with E-state index in [1.807, 2.05) is 49.5 Å². The van der Waals surface area contributed by atoms with Crippen molar-refractivity contribution in [3.05, 3.63) is 36.0 Å². The second kappa shape index (κ2) is 5.23. The highest BCUT2D eigenvalue weighted by Gasteiger charge is 2.22. The molecule has 1 heterocycles. The molecule has 0 bridgehead atoms. The van der Waals surface area contributed by atoms with E-state index in [1.165, 1.54) is 0 Å². The Morgan fingerprint density at radius 1 is 1.39 bits per heavy atom. The molecule has 1 aromatic heterocycles. The van der Waals surface area contributed by atoms with Crippen molar-refractivity contribution in [3.8, 4) is 0 Å². The van der Waals surface area contributed by atoms with Gasteiger partial charge in [-0.15, -0.1) is 0 Å². The quantitative estimate of drug-likeness (QED) is 0.851. The van der Waals surface area contributed by atoms with Crippen LogP contribution in [0.3, 0.4) is 0 Å². The third-order valence-electron chi connectivity index (χ3n) is 3.16. The lowest BCUT2D eigenvalue weighted by atomic mass is 9.95. The minimum Gasteiger partial charge on any atom is -0.481 e. The number of aromatic nitrogens is 1. The van der Waals surface area contributed by atoms with E-state index in [0.717, 1.165) is 23.0 Å². The second-order valence-corrected chi connectivity index (χ2v) is 4.77. The van der Waals surface area contributed by atoms with E-state index < -0.39 is 11.9 Å². The van der Waals surface area contributed by atoms with Crippen LogP contribution in [-0.2, 0) is 4.79 Å². The summed E-state index contributed by atoms with van der Waals surface area (Å²) in [7, 11) is 3.91. The average molecular weight is 246 g/mol. The number of nitrogens with zero attached hydrogens (tertiary/aromatic N) is 1. The van der Waals surface area contributed by atoms with E-state index in [4.69, 9.17) is 0 Å². The number of benzene rings is 1. The molecule has 1 atom stereocenters. The Morgan fingerprint density at radius 2 is 2.11 bits per heavy atom. The average Bonchev–Trinajstić information content (AvgIpc) is 2.73. The topological polar surface area (TPSA) is 56.3 Å². The molecule has 4 nitrogen and oxygen atoms in total. The summed E-state index contributed by atoms with van der Waals surface area (Å²) in [6.45, 7) is 0.760. The summed E-state index contributed by atoms with van der Waals surface area (Å²) in [5.74, 6) is -1.22. The molecule has 2 aromatic rings. The summed E-state index contributed by atoms with van der Waals surface area (Å²) in [5, 5.41) is 10.4. The first-order valence-electron chi connectivity index (χ1n) is 6.03. The number of aliphatic carboxylic acids is 1. The Hall–Kier alpha value is -1.81.